The van der Waals surface area contributed by atoms with Gasteiger partial charge in [-0.25, -0.2) is 4.79 Å². The molecule has 0 aromatic rings. The third-order valence-corrected chi connectivity index (χ3v) is 2.97. The Morgan fingerprint density at radius 1 is 1.19 bits per heavy atom. The predicted molar refractivity (Wildman–Crippen MR) is 66.5 cm³/mol. The fraction of sp³-hybridized carbons (Fsp3) is 0.917. The summed E-state index contributed by atoms with van der Waals surface area (Å²) in [5.74, 6) is 0. The van der Waals surface area contributed by atoms with Crippen molar-refractivity contribution < 1.29 is 4.79 Å². The SMILES string of the molecule is CCNC1CCC(NC(=O)NC(C)C)CC1. The van der Waals surface area contributed by atoms with Crippen molar-refractivity contribution >= 4 is 6.03 Å². The van der Waals surface area contributed by atoms with Crippen molar-refractivity contribution in [2.75, 3.05) is 6.54 Å². The Bertz CT molecular complexity index is 210. The van der Waals surface area contributed by atoms with E-state index in [0.29, 0.717) is 12.1 Å². The van der Waals surface area contributed by atoms with Gasteiger partial charge < -0.3 is 16.0 Å². The maximum Gasteiger partial charge on any atom is 0.315 e. The maximum atomic E-state index is 11.5. The van der Waals surface area contributed by atoms with E-state index in [-0.39, 0.29) is 12.1 Å². The molecular formula is C12H25N3O. The smallest absolute Gasteiger partial charge is 0.315 e. The van der Waals surface area contributed by atoms with Crippen molar-refractivity contribution in [1.29, 1.82) is 0 Å². The molecule has 0 aromatic heterocycles. The van der Waals surface area contributed by atoms with Crippen molar-refractivity contribution in [2.24, 2.45) is 0 Å². The summed E-state index contributed by atoms with van der Waals surface area (Å²) in [6.45, 7) is 7.13. The average Bonchev–Trinajstić information content (AvgIpc) is 2.20. The largest absolute Gasteiger partial charge is 0.336 e. The van der Waals surface area contributed by atoms with Crippen LogP contribution >= 0.6 is 0 Å². The van der Waals surface area contributed by atoms with Crippen LogP contribution in [-0.2, 0) is 0 Å². The van der Waals surface area contributed by atoms with Gasteiger partial charge in [-0.05, 0) is 46.1 Å². The molecule has 0 radical (unpaired) electrons. The lowest BCUT2D eigenvalue weighted by Crippen LogP contribution is -2.47. The van der Waals surface area contributed by atoms with Crippen LogP contribution in [-0.4, -0.2) is 30.7 Å². The Balaban J connectivity index is 2.19. The number of carbonyl (C=O) groups excluding carboxylic acids is 1. The quantitative estimate of drug-likeness (QED) is 0.683. The molecule has 1 aliphatic rings. The van der Waals surface area contributed by atoms with E-state index in [2.05, 4.69) is 22.9 Å². The van der Waals surface area contributed by atoms with Crippen LogP contribution in [0.5, 0.6) is 0 Å². The van der Waals surface area contributed by atoms with Crippen LogP contribution in [0.4, 0.5) is 4.79 Å². The normalized spacial score (nSPS) is 25.5. The first-order valence-corrected chi connectivity index (χ1v) is 6.42. The molecule has 0 spiro atoms. The first-order valence-electron chi connectivity index (χ1n) is 6.42. The Morgan fingerprint density at radius 3 is 2.25 bits per heavy atom. The van der Waals surface area contributed by atoms with Crippen LogP contribution in [0.15, 0.2) is 0 Å². The van der Waals surface area contributed by atoms with Crippen molar-refractivity contribution in [3.63, 3.8) is 0 Å². The van der Waals surface area contributed by atoms with E-state index in [0.717, 1.165) is 19.4 Å². The van der Waals surface area contributed by atoms with Gasteiger partial charge in [0.1, 0.15) is 0 Å². The summed E-state index contributed by atoms with van der Waals surface area (Å²) in [5, 5.41) is 9.36. The predicted octanol–water partition coefficient (Wildman–Crippen LogP) is 1.61. The molecular weight excluding hydrogens is 202 g/mol. The minimum absolute atomic E-state index is 0.0260. The molecule has 3 N–H and O–H groups in total. The van der Waals surface area contributed by atoms with Gasteiger partial charge in [0.2, 0.25) is 0 Å². The molecule has 4 nitrogen and oxygen atoms in total. The van der Waals surface area contributed by atoms with Gasteiger partial charge in [-0.15, -0.1) is 0 Å². The van der Waals surface area contributed by atoms with E-state index in [1.165, 1.54) is 12.8 Å². The topological polar surface area (TPSA) is 53.2 Å². The minimum atomic E-state index is -0.0260. The molecule has 2 amide bonds. The van der Waals surface area contributed by atoms with Crippen LogP contribution in [0, 0.1) is 0 Å². The van der Waals surface area contributed by atoms with E-state index >= 15 is 0 Å². The molecule has 1 aliphatic carbocycles. The molecule has 0 saturated heterocycles. The van der Waals surface area contributed by atoms with E-state index in [9.17, 15) is 4.79 Å². The van der Waals surface area contributed by atoms with E-state index in [4.69, 9.17) is 0 Å². The summed E-state index contributed by atoms with van der Waals surface area (Å²) < 4.78 is 0. The summed E-state index contributed by atoms with van der Waals surface area (Å²) in [6.07, 6.45) is 4.51. The zero-order valence-electron chi connectivity index (χ0n) is 10.7. The molecule has 94 valence electrons. The second-order valence-corrected chi connectivity index (χ2v) is 4.88. The van der Waals surface area contributed by atoms with Gasteiger partial charge in [-0.3, -0.25) is 0 Å². The van der Waals surface area contributed by atoms with Gasteiger partial charge >= 0.3 is 6.03 Å². The van der Waals surface area contributed by atoms with Crippen molar-refractivity contribution in [1.82, 2.24) is 16.0 Å². The number of hydrogen-bond acceptors (Lipinski definition) is 2. The first-order chi connectivity index (χ1) is 7.61. The number of rotatable bonds is 4. The highest BCUT2D eigenvalue weighted by molar-refractivity contribution is 5.74. The molecule has 1 saturated carbocycles. The summed E-state index contributed by atoms with van der Waals surface area (Å²) in [5.41, 5.74) is 0. The van der Waals surface area contributed by atoms with Crippen molar-refractivity contribution in [2.45, 2.75) is 64.6 Å². The van der Waals surface area contributed by atoms with Crippen LogP contribution in [0.1, 0.15) is 46.5 Å². The van der Waals surface area contributed by atoms with E-state index < -0.39 is 0 Å². The van der Waals surface area contributed by atoms with E-state index in [1.54, 1.807) is 0 Å². The van der Waals surface area contributed by atoms with Crippen molar-refractivity contribution in [3.05, 3.63) is 0 Å². The van der Waals surface area contributed by atoms with Gasteiger partial charge in [-0.2, -0.15) is 0 Å². The third kappa shape index (κ3) is 4.84. The Hall–Kier alpha value is -0.770. The van der Waals surface area contributed by atoms with E-state index in [1.807, 2.05) is 13.8 Å². The molecule has 4 heteroatoms. The summed E-state index contributed by atoms with van der Waals surface area (Å²) in [7, 11) is 0. The lowest BCUT2D eigenvalue weighted by Gasteiger charge is -2.29. The van der Waals surface area contributed by atoms with Gasteiger partial charge in [-0.1, -0.05) is 6.92 Å². The lowest BCUT2D eigenvalue weighted by atomic mass is 9.91. The standard InChI is InChI=1S/C12H25N3O/c1-4-13-10-5-7-11(8-6-10)15-12(16)14-9(2)3/h9-11,13H,4-8H2,1-3H3,(H2,14,15,16). The first kappa shape index (κ1) is 13.3. The third-order valence-electron chi connectivity index (χ3n) is 2.97. The van der Waals surface area contributed by atoms with Gasteiger partial charge in [0, 0.05) is 18.1 Å². The van der Waals surface area contributed by atoms with Crippen LogP contribution < -0.4 is 16.0 Å². The fourth-order valence-corrected chi connectivity index (χ4v) is 2.22. The molecule has 0 aliphatic heterocycles. The summed E-state index contributed by atoms with van der Waals surface area (Å²) >= 11 is 0. The monoisotopic (exact) mass is 227 g/mol. The summed E-state index contributed by atoms with van der Waals surface area (Å²) in [6, 6.07) is 1.19. The van der Waals surface area contributed by atoms with Gasteiger partial charge in [0.25, 0.3) is 0 Å². The number of carbonyl (C=O) groups is 1. The number of hydrogen-bond donors (Lipinski definition) is 3. The Labute approximate surface area is 98.6 Å². The molecule has 0 unspecified atom stereocenters. The second kappa shape index (κ2) is 6.74. The Morgan fingerprint density at radius 2 is 1.75 bits per heavy atom. The second-order valence-electron chi connectivity index (χ2n) is 4.88. The highest BCUT2D eigenvalue weighted by Gasteiger charge is 2.21. The van der Waals surface area contributed by atoms with Crippen LogP contribution in [0.3, 0.4) is 0 Å². The van der Waals surface area contributed by atoms with Gasteiger partial charge in [0.05, 0.1) is 0 Å². The molecule has 1 rings (SSSR count). The van der Waals surface area contributed by atoms with Crippen molar-refractivity contribution in [3.8, 4) is 0 Å². The van der Waals surface area contributed by atoms with Crippen LogP contribution in [0.25, 0.3) is 0 Å². The zero-order valence-corrected chi connectivity index (χ0v) is 10.7. The lowest BCUT2D eigenvalue weighted by molar-refractivity contribution is 0.227. The molecule has 1 fully saturated rings. The van der Waals surface area contributed by atoms with Crippen LogP contribution in [0.2, 0.25) is 0 Å². The minimum Gasteiger partial charge on any atom is -0.336 e. The number of urea groups is 1. The highest BCUT2D eigenvalue weighted by atomic mass is 16.2. The number of nitrogens with one attached hydrogen (secondary N) is 3. The molecule has 0 heterocycles. The number of amides is 2. The fourth-order valence-electron chi connectivity index (χ4n) is 2.22. The molecule has 0 atom stereocenters. The molecule has 0 bridgehead atoms. The highest BCUT2D eigenvalue weighted by Crippen LogP contribution is 2.18. The maximum absolute atomic E-state index is 11.5. The molecule has 16 heavy (non-hydrogen) atoms. The van der Waals surface area contributed by atoms with Gasteiger partial charge in [0.15, 0.2) is 0 Å². The Kier molecular flexibility index (Phi) is 5.60. The average molecular weight is 227 g/mol. The summed E-state index contributed by atoms with van der Waals surface area (Å²) in [4.78, 5) is 11.5. The zero-order chi connectivity index (χ0) is 12.0. The molecule has 0 aromatic carbocycles.